The number of nitrogen functional groups attached to an aromatic ring is 1. The summed E-state index contributed by atoms with van der Waals surface area (Å²) in [6.07, 6.45) is -0.455. The van der Waals surface area contributed by atoms with Crippen LogP contribution in [0.25, 0.3) is 11.1 Å². The molecule has 2 aromatic rings. The lowest BCUT2D eigenvalue weighted by Gasteiger charge is -2.30. The third-order valence-corrected chi connectivity index (χ3v) is 3.52. The van der Waals surface area contributed by atoms with E-state index in [2.05, 4.69) is 0 Å². The van der Waals surface area contributed by atoms with Gasteiger partial charge in [0.2, 0.25) is 0 Å². The average Bonchev–Trinajstić information content (AvgIpc) is 2.44. The van der Waals surface area contributed by atoms with Gasteiger partial charge in [0.25, 0.3) is 5.91 Å². The van der Waals surface area contributed by atoms with Crippen molar-refractivity contribution in [2.24, 2.45) is 0 Å². The first kappa shape index (κ1) is 12.5. The normalized spacial score (nSPS) is 17.6. The molecule has 1 atom stereocenters. The van der Waals surface area contributed by atoms with Gasteiger partial charge in [-0.2, -0.15) is 0 Å². The number of hydrogen-bond donors (Lipinski definition) is 1. The molecular weight excluding hydrogens is 252 g/mol. The minimum absolute atomic E-state index is 0.0331. The van der Waals surface area contributed by atoms with Crippen LogP contribution in [0.4, 0.5) is 11.4 Å². The second-order valence-corrected chi connectivity index (χ2v) is 4.97. The summed E-state index contributed by atoms with van der Waals surface area (Å²) < 4.78 is 5.68. The zero-order valence-electron chi connectivity index (χ0n) is 11.5. The maximum Gasteiger partial charge on any atom is 0.267 e. The predicted octanol–water partition coefficient (Wildman–Crippen LogP) is 2.68. The van der Waals surface area contributed by atoms with Crippen molar-refractivity contribution in [1.29, 1.82) is 0 Å². The molecule has 0 spiro atoms. The summed E-state index contributed by atoms with van der Waals surface area (Å²) in [6, 6.07) is 13.5. The van der Waals surface area contributed by atoms with Crippen LogP contribution < -0.4 is 15.4 Å². The number of nitrogens with zero attached hydrogens (tertiary/aromatic N) is 1. The minimum Gasteiger partial charge on any atom is -0.479 e. The molecule has 4 nitrogen and oxygen atoms in total. The molecule has 0 aliphatic carbocycles. The van der Waals surface area contributed by atoms with Gasteiger partial charge in [0.05, 0.1) is 5.69 Å². The smallest absolute Gasteiger partial charge is 0.267 e. The van der Waals surface area contributed by atoms with E-state index in [-0.39, 0.29) is 5.91 Å². The molecule has 1 unspecified atom stereocenters. The zero-order chi connectivity index (χ0) is 14.3. The van der Waals surface area contributed by atoms with Crippen LogP contribution >= 0.6 is 0 Å². The van der Waals surface area contributed by atoms with Crippen LogP contribution in [0.5, 0.6) is 5.75 Å². The fraction of sp³-hybridized carbons (Fsp3) is 0.188. The van der Waals surface area contributed by atoms with Gasteiger partial charge >= 0.3 is 0 Å². The Morgan fingerprint density at radius 2 is 1.90 bits per heavy atom. The Morgan fingerprint density at radius 3 is 2.65 bits per heavy atom. The van der Waals surface area contributed by atoms with Crippen LogP contribution in [0.15, 0.2) is 42.5 Å². The number of likely N-dealkylation sites (N-methyl/N-ethyl adjacent to an activating group) is 1. The SMILES string of the molecule is CC1Oc2cc(-c3cccc(N)c3)ccc2N(C)C1=O. The number of anilines is 2. The molecule has 0 fully saturated rings. The third kappa shape index (κ3) is 1.99. The van der Waals surface area contributed by atoms with Gasteiger partial charge in [0.15, 0.2) is 6.10 Å². The van der Waals surface area contributed by atoms with E-state index in [0.717, 1.165) is 28.3 Å². The Labute approximate surface area is 117 Å². The lowest BCUT2D eigenvalue weighted by molar-refractivity contribution is -0.125. The first-order valence-corrected chi connectivity index (χ1v) is 6.50. The summed E-state index contributed by atoms with van der Waals surface area (Å²) in [6.45, 7) is 1.76. The van der Waals surface area contributed by atoms with Gasteiger partial charge in [0.1, 0.15) is 5.75 Å². The number of fused-ring (bicyclic) bond motifs is 1. The molecule has 2 N–H and O–H groups in total. The highest BCUT2D eigenvalue weighted by Crippen LogP contribution is 2.36. The molecule has 1 aliphatic rings. The minimum atomic E-state index is -0.455. The molecule has 0 aromatic heterocycles. The molecule has 1 amide bonds. The topological polar surface area (TPSA) is 55.6 Å². The van der Waals surface area contributed by atoms with Crippen LogP contribution in [0.1, 0.15) is 6.92 Å². The standard InChI is InChI=1S/C16H16N2O2/c1-10-16(19)18(2)14-7-6-12(9-15(14)20-10)11-4-3-5-13(17)8-11/h3-10H,17H2,1-2H3. The highest BCUT2D eigenvalue weighted by Gasteiger charge is 2.28. The van der Waals surface area contributed by atoms with Crippen molar-refractivity contribution in [3.8, 4) is 16.9 Å². The lowest BCUT2D eigenvalue weighted by atomic mass is 10.0. The monoisotopic (exact) mass is 268 g/mol. The Kier molecular flexibility index (Phi) is 2.86. The Bertz CT molecular complexity index is 682. The highest BCUT2D eigenvalue weighted by atomic mass is 16.5. The van der Waals surface area contributed by atoms with Crippen LogP contribution in [0.2, 0.25) is 0 Å². The number of ether oxygens (including phenoxy) is 1. The summed E-state index contributed by atoms with van der Waals surface area (Å²) in [5, 5.41) is 0. The maximum atomic E-state index is 11.9. The third-order valence-electron chi connectivity index (χ3n) is 3.52. The van der Waals surface area contributed by atoms with Crippen LogP contribution in [-0.2, 0) is 4.79 Å². The van der Waals surface area contributed by atoms with Crippen LogP contribution in [0.3, 0.4) is 0 Å². The quantitative estimate of drug-likeness (QED) is 0.809. The van der Waals surface area contributed by atoms with Gasteiger partial charge in [-0.3, -0.25) is 4.79 Å². The van der Waals surface area contributed by atoms with Crippen molar-refractivity contribution in [2.45, 2.75) is 13.0 Å². The van der Waals surface area contributed by atoms with Gasteiger partial charge in [-0.25, -0.2) is 0 Å². The van der Waals surface area contributed by atoms with Crippen molar-refractivity contribution in [3.05, 3.63) is 42.5 Å². The molecule has 2 aromatic carbocycles. The molecule has 102 valence electrons. The summed E-state index contributed by atoms with van der Waals surface area (Å²) in [5.74, 6) is 0.689. The highest BCUT2D eigenvalue weighted by molar-refractivity contribution is 5.99. The van der Waals surface area contributed by atoms with E-state index in [9.17, 15) is 4.79 Å². The molecule has 0 radical (unpaired) electrons. The van der Waals surface area contributed by atoms with Crippen molar-refractivity contribution in [1.82, 2.24) is 0 Å². The van der Waals surface area contributed by atoms with E-state index < -0.39 is 6.10 Å². The number of carbonyl (C=O) groups is 1. The predicted molar refractivity (Wildman–Crippen MR) is 79.8 cm³/mol. The summed E-state index contributed by atoms with van der Waals surface area (Å²) in [5.41, 5.74) is 9.38. The van der Waals surface area contributed by atoms with Crippen LogP contribution in [-0.4, -0.2) is 19.1 Å². The first-order chi connectivity index (χ1) is 9.56. The molecule has 0 saturated carbocycles. The number of benzene rings is 2. The van der Waals surface area contributed by atoms with Gasteiger partial charge in [0, 0.05) is 12.7 Å². The Morgan fingerprint density at radius 1 is 1.15 bits per heavy atom. The summed E-state index contributed by atoms with van der Waals surface area (Å²) in [4.78, 5) is 13.5. The molecule has 20 heavy (non-hydrogen) atoms. The molecule has 1 aliphatic heterocycles. The largest absolute Gasteiger partial charge is 0.479 e. The van der Waals surface area contributed by atoms with E-state index in [1.165, 1.54) is 0 Å². The van der Waals surface area contributed by atoms with E-state index in [4.69, 9.17) is 10.5 Å². The average molecular weight is 268 g/mol. The van der Waals surface area contributed by atoms with Crippen molar-refractivity contribution in [2.75, 3.05) is 17.7 Å². The van der Waals surface area contributed by atoms with Gasteiger partial charge in [-0.05, 0) is 42.3 Å². The van der Waals surface area contributed by atoms with Crippen molar-refractivity contribution in [3.63, 3.8) is 0 Å². The van der Waals surface area contributed by atoms with Gasteiger partial charge < -0.3 is 15.4 Å². The molecule has 3 rings (SSSR count). The number of hydrogen-bond acceptors (Lipinski definition) is 3. The first-order valence-electron chi connectivity index (χ1n) is 6.50. The van der Waals surface area contributed by atoms with E-state index in [1.54, 1.807) is 18.9 Å². The van der Waals surface area contributed by atoms with Gasteiger partial charge in [-0.1, -0.05) is 18.2 Å². The molecule has 0 saturated heterocycles. The fourth-order valence-electron chi connectivity index (χ4n) is 2.42. The number of nitrogens with two attached hydrogens (primary N) is 1. The number of carbonyl (C=O) groups excluding carboxylic acids is 1. The Balaban J connectivity index is 2.06. The van der Waals surface area contributed by atoms with Crippen molar-refractivity contribution >= 4 is 17.3 Å². The van der Waals surface area contributed by atoms with E-state index in [0.29, 0.717) is 0 Å². The second-order valence-electron chi connectivity index (χ2n) is 4.97. The van der Waals surface area contributed by atoms with E-state index in [1.807, 2.05) is 42.5 Å². The summed E-state index contributed by atoms with van der Waals surface area (Å²) in [7, 11) is 1.76. The number of amides is 1. The summed E-state index contributed by atoms with van der Waals surface area (Å²) >= 11 is 0. The van der Waals surface area contributed by atoms with Crippen LogP contribution in [0, 0.1) is 0 Å². The zero-order valence-corrected chi connectivity index (χ0v) is 11.5. The number of rotatable bonds is 1. The maximum absolute atomic E-state index is 11.9. The Hall–Kier alpha value is -2.49. The molecular formula is C16H16N2O2. The molecule has 1 heterocycles. The fourth-order valence-corrected chi connectivity index (χ4v) is 2.42. The van der Waals surface area contributed by atoms with Crippen molar-refractivity contribution < 1.29 is 9.53 Å². The second kappa shape index (κ2) is 4.56. The van der Waals surface area contributed by atoms with Gasteiger partial charge in [-0.15, -0.1) is 0 Å². The van der Waals surface area contributed by atoms with E-state index >= 15 is 0 Å². The lowest BCUT2D eigenvalue weighted by Crippen LogP contribution is -2.41. The molecule has 0 bridgehead atoms. The molecule has 4 heteroatoms.